The van der Waals surface area contributed by atoms with E-state index in [1.807, 2.05) is 0 Å². The number of aromatic nitrogens is 1. The molecular formula is C17H28N2. The first-order chi connectivity index (χ1) is 8.62. The van der Waals surface area contributed by atoms with Crippen molar-refractivity contribution in [2.24, 2.45) is 10.8 Å². The van der Waals surface area contributed by atoms with Crippen LogP contribution in [0.3, 0.4) is 0 Å². The van der Waals surface area contributed by atoms with Crippen molar-refractivity contribution >= 4 is 5.82 Å². The van der Waals surface area contributed by atoms with Crippen LogP contribution in [-0.4, -0.2) is 11.0 Å². The van der Waals surface area contributed by atoms with Gasteiger partial charge in [-0.15, -0.1) is 0 Å². The molecule has 0 aliphatic carbocycles. The van der Waals surface area contributed by atoms with Crippen molar-refractivity contribution in [3.63, 3.8) is 0 Å². The van der Waals surface area contributed by atoms with Gasteiger partial charge < -0.3 is 5.32 Å². The topological polar surface area (TPSA) is 24.9 Å². The van der Waals surface area contributed by atoms with Gasteiger partial charge in [0.1, 0.15) is 5.82 Å². The van der Waals surface area contributed by atoms with E-state index in [-0.39, 0.29) is 0 Å². The Bertz CT molecular complexity index is 449. The number of hydrogen-bond donors (Lipinski definition) is 1. The van der Waals surface area contributed by atoms with Crippen molar-refractivity contribution in [3.05, 3.63) is 23.4 Å². The summed E-state index contributed by atoms with van der Waals surface area (Å²) in [7, 11) is 0. The first kappa shape index (κ1) is 14.4. The van der Waals surface area contributed by atoms with E-state index >= 15 is 0 Å². The van der Waals surface area contributed by atoms with E-state index in [4.69, 9.17) is 4.98 Å². The summed E-state index contributed by atoms with van der Waals surface area (Å²) in [5.74, 6) is 1.12. The van der Waals surface area contributed by atoms with Crippen LogP contribution in [0.15, 0.2) is 12.1 Å². The molecule has 0 saturated heterocycles. The molecule has 19 heavy (non-hydrogen) atoms. The molecule has 1 aromatic heterocycles. The lowest BCUT2D eigenvalue weighted by atomic mass is 9.87. The summed E-state index contributed by atoms with van der Waals surface area (Å²) < 4.78 is 0. The Morgan fingerprint density at radius 3 is 2.37 bits per heavy atom. The monoisotopic (exact) mass is 260 g/mol. The second-order valence-electron chi connectivity index (χ2n) is 8.36. The minimum atomic E-state index is 0.296. The van der Waals surface area contributed by atoms with E-state index in [0.717, 1.165) is 18.7 Å². The molecule has 1 aliphatic heterocycles. The van der Waals surface area contributed by atoms with Crippen LogP contribution in [0.1, 0.15) is 59.2 Å². The third-order valence-electron chi connectivity index (χ3n) is 3.41. The first-order valence-corrected chi connectivity index (χ1v) is 7.38. The van der Waals surface area contributed by atoms with Crippen LogP contribution >= 0.6 is 0 Å². The Morgan fingerprint density at radius 2 is 1.79 bits per heavy atom. The highest BCUT2D eigenvalue weighted by Gasteiger charge is 2.26. The Labute approximate surface area is 118 Å². The van der Waals surface area contributed by atoms with E-state index in [1.165, 1.54) is 17.7 Å². The third kappa shape index (κ3) is 4.22. The van der Waals surface area contributed by atoms with Crippen molar-refractivity contribution in [2.45, 2.75) is 66.8 Å². The van der Waals surface area contributed by atoms with Crippen LogP contribution in [-0.2, 0) is 12.8 Å². The quantitative estimate of drug-likeness (QED) is 0.850. The maximum Gasteiger partial charge on any atom is 0.129 e. The van der Waals surface area contributed by atoms with E-state index in [1.54, 1.807) is 0 Å². The molecule has 1 aromatic rings. The van der Waals surface area contributed by atoms with Gasteiger partial charge in [0.2, 0.25) is 0 Å². The van der Waals surface area contributed by atoms with E-state index < -0.39 is 0 Å². The molecule has 1 aliphatic rings. The molecule has 2 rings (SSSR count). The highest BCUT2D eigenvalue weighted by Crippen LogP contribution is 2.32. The summed E-state index contributed by atoms with van der Waals surface area (Å²) >= 11 is 0. The van der Waals surface area contributed by atoms with Gasteiger partial charge in [0.15, 0.2) is 0 Å². The zero-order valence-corrected chi connectivity index (χ0v) is 13.3. The molecule has 1 N–H and O–H groups in total. The number of anilines is 1. The van der Waals surface area contributed by atoms with E-state index in [0.29, 0.717) is 16.9 Å². The van der Waals surface area contributed by atoms with Gasteiger partial charge in [-0.05, 0) is 41.7 Å². The highest BCUT2D eigenvalue weighted by atomic mass is 15.0. The molecule has 1 unspecified atom stereocenters. The lowest BCUT2D eigenvalue weighted by Gasteiger charge is -2.23. The molecule has 2 heteroatoms. The van der Waals surface area contributed by atoms with Gasteiger partial charge in [-0.3, -0.25) is 0 Å². The number of nitrogens with zero attached hydrogens (tertiary/aromatic N) is 1. The van der Waals surface area contributed by atoms with Gasteiger partial charge in [-0.25, -0.2) is 4.98 Å². The minimum Gasteiger partial charge on any atom is -0.367 e. The second-order valence-corrected chi connectivity index (χ2v) is 8.36. The summed E-state index contributed by atoms with van der Waals surface area (Å²) in [6.07, 6.45) is 3.35. The van der Waals surface area contributed by atoms with Crippen molar-refractivity contribution in [1.29, 1.82) is 0 Å². The molecule has 106 valence electrons. The minimum absolute atomic E-state index is 0.296. The van der Waals surface area contributed by atoms with E-state index in [2.05, 4.69) is 59.0 Å². The Morgan fingerprint density at radius 1 is 1.11 bits per heavy atom. The zero-order chi connectivity index (χ0) is 14.3. The van der Waals surface area contributed by atoms with Gasteiger partial charge in [0.05, 0.1) is 0 Å². The number of pyridine rings is 1. The normalized spacial score (nSPS) is 19.2. The first-order valence-electron chi connectivity index (χ1n) is 7.38. The van der Waals surface area contributed by atoms with Crippen LogP contribution in [0.4, 0.5) is 5.82 Å². The standard InChI is InChI=1S/C17H28N2/c1-16(2,3)10-13-8-7-12-9-14(11-17(4,5)6)19-15(12)18-13/h7-8,14H,9-11H2,1-6H3,(H,18,19). The summed E-state index contributed by atoms with van der Waals surface area (Å²) in [5.41, 5.74) is 3.25. The Hall–Kier alpha value is -1.05. The van der Waals surface area contributed by atoms with Gasteiger partial charge >= 0.3 is 0 Å². The molecule has 0 bridgehead atoms. The largest absolute Gasteiger partial charge is 0.367 e. The molecule has 0 fully saturated rings. The Kier molecular flexibility index (Phi) is 3.63. The number of hydrogen-bond acceptors (Lipinski definition) is 2. The summed E-state index contributed by atoms with van der Waals surface area (Å²) in [4.78, 5) is 4.81. The molecule has 2 heterocycles. The lowest BCUT2D eigenvalue weighted by Crippen LogP contribution is -2.23. The van der Waals surface area contributed by atoms with Crippen molar-refractivity contribution < 1.29 is 0 Å². The molecule has 0 saturated carbocycles. The molecule has 0 radical (unpaired) electrons. The fourth-order valence-corrected chi connectivity index (χ4v) is 2.83. The Balaban J connectivity index is 2.08. The third-order valence-corrected chi connectivity index (χ3v) is 3.41. The average Bonchev–Trinajstić information content (AvgIpc) is 2.53. The molecule has 2 nitrogen and oxygen atoms in total. The van der Waals surface area contributed by atoms with Crippen LogP contribution in [0.5, 0.6) is 0 Å². The molecular weight excluding hydrogens is 232 g/mol. The van der Waals surface area contributed by atoms with Crippen LogP contribution in [0.25, 0.3) is 0 Å². The lowest BCUT2D eigenvalue weighted by molar-refractivity contribution is 0.352. The molecule has 1 atom stereocenters. The highest BCUT2D eigenvalue weighted by molar-refractivity contribution is 5.51. The van der Waals surface area contributed by atoms with Crippen LogP contribution in [0, 0.1) is 10.8 Å². The van der Waals surface area contributed by atoms with Gasteiger partial charge in [-0.1, -0.05) is 47.6 Å². The SMILES string of the molecule is CC(C)(C)Cc1ccc2c(n1)NC(CC(C)(C)C)C2. The number of rotatable bonds is 2. The van der Waals surface area contributed by atoms with Crippen LogP contribution < -0.4 is 5.32 Å². The average molecular weight is 260 g/mol. The summed E-state index contributed by atoms with van der Waals surface area (Å²) in [5, 5.41) is 3.61. The summed E-state index contributed by atoms with van der Waals surface area (Å²) in [6, 6.07) is 5.01. The molecule has 0 amide bonds. The maximum atomic E-state index is 4.81. The maximum absolute atomic E-state index is 4.81. The number of nitrogens with one attached hydrogen (secondary N) is 1. The smallest absolute Gasteiger partial charge is 0.129 e. The fourth-order valence-electron chi connectivity index (χ4n) is 2.83. The second kappa shape index (κ2) is 4.81. The van der Waals surface area contributed by atoms with Gasteiger partial charge in [-0.2, -0.15) is 0 Å². The van der Waals surface area contributed by atoms with Crippen LogP contribution in [0.2, 0.25) is 0 Å². The zero-order valence-electron chi connectivity index (χ0n) is 13.3. The van der Waals surface area contributed by atoms with Crippen molar-refractivity contribution in [1.82, 2.24) is 4.98 Å². The summed E-state index contributed by atoms with van der Waals surface area (Å²) in [6.45, 7) is 13.7. The molecule has 0 spiro atoms. The van der Waals surface area contributed by atoms with Crippen molar-refractivity contribution in [3.8, 4) is 0 Å². The predicted molar refractivity (Wildman–Crippen MR) is 82.6 cm³/mol. The fraction of sp³-hybridized carbons (Fsp3) is 0.706. The predicted octanol–water partition coefficient (Wildman–Crippen LogP) is 4.44. The van der Waals surface area contributed by atoms with Crippen molar-refractivity contribution in [2.75, 3.05) is 5.32 Å². The van der Waals surface area contributed by atoms with E-state index in [9.17, 15) is 0 Å². The molecule has 0 aromatic carbocycles. The van der Waals surface area contributed by atoms with Gasteiger partial charge in [0.25, 0.3) is 0 Å². The number of fused-ring (bicyclic) bond motifs is 1. The van der Waals surface area contributed by atoms with Gasteiger partial charge in [0, 0.05) is 11.7 Å².